The Morgan fingerprint density at radius 2 is 1.74 bits per heavy atom. The number of furan rings is 1. The minimum Gasteiger partial charge on any atom is -0.467 e. The van der Waals surface area contributed by atoms with Crippen molar-refractivity contribution in [2.24, 2.45) is 5.92 Å². The molecule has 0 radical (unpaired) electrons. The molecule has 1 fully saturated rings. The molecule has 5 nitrogen and oxygen atoms in total. The van der Waals surface area contributed by atoms with Gasteiger partial charge in [0.1, 0.15) is 5.76 Å². The van der Waals surface area contributed by atoms with Crippen molar-refractivity contribution in [1.82, 2.24) is 10.2 Å². The molecule has 1 aliphatic rings. The van der Waals surface area contributed by atoms with Crippen molar-refractivity contribution in [3.8, 4) is 11.1 Å². The average Bonchev–Trinajstić information content (AvgIpc) is 3.36. The predicted octanol–water partition coefficient (Wildman–Crippen LogP) is 4.51. The lowest BCUT2D eigenvalue weighted by Gasteiger charge is -2.30. The highest BCUT2D eigenvalue weighted by atomic mass is 16.3. The lowest BCUT2D eigenvalue weighted by molar-refractivity contribution is -0.132. The maximum absolute atomic E-state index is 12.6. The van der Waals surface area contributed by atoms with E-state index >= 15 is 0 Å². The molecule has 31 heavy (non-hydrogen) atoms. The number of piperidine rings is 1. The quantitative estimate of drug-likeness (QED) is 0.604. The second-order valence-corrected chi connectivity index (χ2v) is 7.72. The summed E-state index contributed by atoms with van der Waals surface area (Å²) in [7, 11) is 0. The lowest BCUT2D eigenvalue weighted by atomic mass is 9.95. The standard InChI is InChI=1S/C26H26N2O3/c29-25(12-11-20-6-4-9-23(18-20)21-7-2-1-3-8-21)28-15-13-22(14-16-28)26(30)27-19-24-10-5-17-31-24/h1-12,17-18,22H,13-16,19H2,(H,27,30)/b12-11+. The highest BCUT2D eigenvalue weighted by molar-refractivity contribution is 5.92. The van der Waals surface area contributed by atoms with Crippen molar-refractivity contribution in [3.05, 3.63) is 90.4 Å². The number of carbonyl (C=O) groups is 2. The maximum atomic E-state index is 12.6. The molecule has 0 aliphatic carbocycles. The van der Waals surface area contributed by atoms with Crippen LogP contribution in [0, 0.1) is 5.92 Å². The van der Waals surface area contributed by atoms with Gasteiger partial charge in [-0.3, -0.25) is 9.59 Å². The Morgan fingerprint density at radius 3 is 2.48 bits per heavy atom. The van der Waals surface area contributed by atoms with Crippen LogP contribution in [0.3, 0.4) is 0 Å². The van der Waals surface area contributed by atoms with Crippen LogP contribution in [0.4, 0.5) is 0 Å². The first-order chi connectivity index (χ1) is 15.2. The number of amides is 2. The van der Waals surface area contributed by atoms with Gasteiger partial charge in [-0.2, -0.15) is 0 Å². The highest BCUT2D eigenvalue weighted by Crippen LogP contribution is 2.21. The average molecular weight is 415 g/mol. The van der Waals surface area contributed by atoms with Gasteiger partial charge in [0.25, 0.3) is 0 Å². The van der Waals surface area contributed by atoms with Gasteiger partial charge in [0.05, 0.1) is 12.8 Å². The molecular formula is C26H26N2O3. The third-order valence-corrected chi connectivity index (χ3v) is 5.61. The Labute approximate surface area is 182 Å². The molecule has 2 amide bonds. The third kappa shape index (κ3) is 5.51. The summed E-state index contributed by atoms with van der Waals surface area (Å²) in [6.45, 7) is 1.58. The van der Waals surface area contributed by atoms with E-state index in [-0.39, 0.29) is 17.7 Å². The summed E-state index contributed by atoms with van der Waals surface area (Å²) in [5, 5.41) is 2.91. The van der Waals surface area contributed by atoms with Gasteiger partial charge < -0.3 is 14.6 Å². The van der Waals surface area contributed by atoms with Gasteiger partial charge in [-0.25, -0.2) is 0 Å². The summed E-state index contributed by atoms with van der Waals surface area (Å²) < 4.78 is 5.24. The molecule has 1 saturated heterocycles. The summed E-state index contributed by atoms with van der Waals surface area (Å²) in [5.41, 5.74) is 3.26. The SMILES string of the molecule is O=C(NCc1ccco1)C1CCN(C(=O)/C=C/c2cccc(-c3ccccc3)c2)CC1. The topological polar surface area (TPSA) is 62.6 Å². The zero-order valence-corrected chi connectivity index (χ0v) is 17.4. The third-order valence-electron chi connectivity index (χ3n) is 5.61. The van der Waals surface area contributed by atoms with E-state index in [4.69, 9.17) is 4.42 Å². The van der Waals surface area contributed by atoms with E-state index < -0.39 is 0 Å². The minimum atomic E-state index is -0.0643. The first-order valence-electron chi connectivity index (χ1n) is 10.6. The van der Waals surface area contributed by atoms with Gasteiger partial charge in [-0.15, -0.1) is 0 Å². The van der Waals surface area contributed by atoms with Crippen LogP contribution < -0.4 is 5.32 Å². The fourth-order valence-corrected chi connectivity index (χ4v) is 3.82. The number of benzene rings is 2. The van der Waals surface area contributed by atoms with Crippen LogP contribution in [0.2, 0.25) is 0 Å². The van der Waals surface area contributed by atoms with E-state index in [0.29, 0.717) is 32.5 Å². The van der Waals surface area contributed by atoms with E-state index in [1.165, 1.54) is 0 Å². The molecule has 5 heteroatoms. The number of rotatable bonds is 6. The Kier molecular flexibility index (Phi) is 6.62. The largest absolute Gasteiger partial charge is 0.467 e. The van der Waals surface area contributed by atoms with Gasteiger partial charge in [0.15, 0.2) is 0 Å². The molecule has 0 spiro atoms. The monoisotopic (exact) mass is 414 g/mol. The minimum absolute atomic E-state index is 0.0143. The molecule has 2 heterocycles. The molecular weight excluding hydrogens is 388 g/mol. The summed E-state index contributed by atoms with van der Waals surface area (Å²) in [6.07, 6.45) is 6.43. The predicted molar refractivity (Wildman–Crippen MR) is 121 cm³/mol. The zero-order chi connectivity index (χ0) is 21.5. The molecule has 2 aromatic carbocycles. The molecule has 1 aliphatic heterocycles. The van der Waals surface area contributed by atoms with E-state index in [2.05, 4.69) is 29.6 Å². The van der Waals surface area contributed by atoms with Crippen LogP contribution in [0.15, 0.2) is 83.5 Å². The van der Waals surface area contributed by atoms with E-state index in [9.17, 15) is 9.59 Å². The maximum Gasteiger partial charge on any atom is 0.246 e. The van der Waals surface area contributed by atoms with Crippen LogP contribution >= 0.6 is 0 Å². The second-order valence-electron chi connectivity index (χ2n) is 7.72. The summed E-state index contributed by atoms with van der Waals surface area (Å²) >= 11 is 0. The number of nitrogens with zero attached hydrogens (tertiary/aromatic N) is 1. The number of hydrogen-bond donors (Lipinski definition) is 1. The van der Waals surface area contributed by atoms with Crippen molar-refractivity contribution in [1.29, 1.82) is 0 Å². The molecule has 158 valence electrons. The number of nitrogens with one attached hydrogen (secondary N) is 1. The number of hydrogen-bond acceptors (Lipinski definition) is 3. The first kappa shape index (κ1) is 20.7. The van der Waals surface area contributed by atoms with Crippen molar-refractivity contribution in [2.45, 2.75) is 19.4 Å². The van der Waals surface area contributed by atoms with Gasteiger partial charge >= 0.3 is 0 Å². The molecule has 4 rings (SSSR count). The Morgan fingerprint density at radius 1 is 0.968 bits per heavy atom. The van der Waals surface area contributed by atoms with E-state index in [1.807, 2.05) is 47.4 Å². The van der Waals surface area contributed by atoms with Crippen LogP contribution in [0.1, 0.15) is 24.2 Å². The summed E-state index contributed by atoms with van der Waals surface area (Å²) in [4.78, 5) is 26.8. The smallest absolute Gasteiger partial charge is 0.246 e. The van der Waals surface area contributed by atoms with Crippen molar-refractivity contribution < 1.29 is 14.0 Å². The Hall–Kier alpha value is -3.60. The zero-order valence-electron chi connectivity index (χ0n) is 17.4. The summed E-state index contributed by atoms with van der Waals surface area (Å²) in [6, 6.07) is 21.9. The second kappa shape index (κ2) is 9.94. The van der Waals surface area contributed by atoms with Gasteiger partial charge in [0.2, 0.25) is 11.8 Å². The fraction of sp³-hybridized carbons (Fsp3) is 0.231. The van der Waals surface area contributed by atoms with Crippen molar-refractivity contribution in [3.63, 3.8) is 0 Å². The van der Waals surface area contributed by atoms with Crippen LogP contribution in [0.25, 0.3) is 17.2 Å². The molecule has 0 unspecified atom stereocenters. The molecule has 0 bridgehead atoms. The normalized spacial score (nSPS) is 14.6. The van der Waals surface area contributed by atoms with Gasteiger partial charge in [-0.1, -0.05) is 48.5 Å². The van der Waals surface area contributed by atoms with E-state index in [0.717, 1.165) is 22.5 Å². The van der Waals surface area contributed by atoms with Crippen molar-refractivity contribution in [2.75, 3.05) is 13.1 Å². The van der Waals surface area contributed by atoms with Gasteiger partial charge in [-0.05, 0) is 53.8 Å². The Balaban J connectivity index is 1.28. The molecule has 0 saturated carbocycles. The lowest BCUT2D eigenvalue weighted by Crippen LogP contribution is -2.42. The van der Waals surface area contributed by atoms with Crippen LogP contribution in [0.5, 0.6) is 0 Å². The first-order valence-corrected chi connectivity index (χ1v) is 10.6. The fourth-order valence-electron chi connectivity index (χ4n) is 3.82. The summed E-state index contributed by atoms with van der Waals surface area (Å²) in [5.74, 6) is 0.685. The number of likely N-dealkylation sites (tertiary alicyclic amines) is 1. The van der Waals surface area contributed by atoms with E-state index in [1.54, 1.807) is 18.4 Å². The van der Waals surface area contributed by atoms with Crippen LogP contribution in [-0.2, 0) is 16.1 Å². The Bertz CT molecular complexity index is 1030. The highest BCUT2D eigenvalue weighted by Gasteiger charge is 2.26. The molecule has 0 atom stereocenters. The number of carbonyl (C=O) groups excluding carboxylic acids is 2. The van der Waals surface area contributed by atoms with Crippen LogP contribution in [-0.4, -0.2) is 29.8 Å². The molecule has 1 aromatic heterocycles. The van der Waals surface area contributed by atoms with Gasteiger partial charge in [0, 0.05) is 25.1 Å². The molecule has 3 aromatic rings. The van der Waals surface area contributed by atoms with Crippen molar-refractivity contribution >= 4 is 17.9 Å². The molecule has 1 N–H and O–H groups in total.